The highest BCUT2D eigenvalue weighted by Crippen LogP contribution is 2.31. The summed E-state index contributed by atoms with van der Waals surface area (Å²) in [6.07, 6.45) is 4.31. The van der Waals surface area contributed by atoms with Crippen LogP contribution in [0.3, 0.4) is 0 Å². The Morgan fingerprint density at radius 3 is 2.31 bits per heavy atom. The van der Waals surface area contributed by atoms with E-state index in [0.717, 1.165) is 23.3 Å². The fraction of sp³-hybridized carbons (Fsp3) is 0.115. The van der Waals surface area contributed by atoms with Gasteiger partial charge in [-0.05, 0) is 17.7 Å². The van der Waals surface area contributed by atoms with Gasteiger partial charge in [-0.15, -0.1) is 0 Å². The van der Waals surface area contributed by atoms with Crippen molar-refractivity contribution >= 4 is 11.0 Å². The van der Waals surface area contributed by atoms with Crippen molar-refractivity contribution in [2.75, 3.05) is 0 Å². The monoisotopic (exact) mass is 379 g/mol. The van der Waals surface area contributed by atoms with Crippen LogP contribution in [-0.4, -0.2) is 4.57 Å². The fourth-order valence-electron chi connectivity index (χ4n) is 3.97. The molecule has 3 heteroatoms. The van der Waals surface area contributed by atoms with E-state index in [1.165, 1.54) is 17.0 Å². The Bertz CT molecular complexity index is 1200. The van der Waals surface area contributed by atoms with Crippen LogP contribution in [-0.2, 0) is 6.54 Å². The highest BCUT2D eigenvalue weighted by molar-refractivity contribution is 5.78. The summed E-state index contributed by atoms with van der Waals surface area (Å²) in [5.74, 6) is 2.13. The van der Waals surface area contributed by atoms with Crippen LogP contribution < -0.4 is 4.57 Å². The summed E-state index contributed by atoms with van der Waals surface area (Å²) in [5, 5.41) is 1.13. The molecule has 3 nitrogen and oxygen atoms in total. The van der Waals surface area contributed by atoms with Gasteiger partial charge in [0, 0.05) is 17.9 Å². The van der Waals surface area contributed by atoms with Crippen LogP contribution in [0, 0.1) is 6.92 Å². The number of imidazole rings is 1. The molecule has 0 amide bonds. The number of aromatic nitrogens is 2. The molecule has 3 aromatic carbocycles. The summed E-state index contributed by atoms with van der Waals surface area (Å²) in [5.41, 5.74) is 3.42. The molecule has 0 radical (unpaired) electrons. The second-order valence-corrected chi connectivity index (χ2v) is 7.37. The molecular weight excluding hydrogens is 356 g/mol. The molecule has 2 heterocycles. The summed E-state index contributed by atoms with van der Waals surface area (Å²) in [4.78, 5) is 0. The van der Waals surface area contributed by atoms with Gasteiger partial charge in [-0.1, -0.05) is 78.9 Å². The number of furan rings is 1. The highest BCUT2D eigenvalue weighted by Gasteiger charge is 2.28. The molecule has 0 N–H and O–H groups in total. The minimum absolute atomic E-state index is 0.0133. The van der Waals surface area contributed by atoms with E-state index in [1.807, 2.05) is 18.2 Å². The molecule has 0 aliphatic heterocycles. The maximum absolute atomic E-state index is 6.29. The van der Waals surface area contributed by atoms with Gasteiger partial charge in [0.05, 0.1) is 0 Å². The Hall–Kier alpha value is -3.59. The van der Waals surface area contributed by atoms with E-state index in [0.29, 0.717) is 0 Å². The smallest absolute Gasteiger partial charge is 0.254 e. The van der Waals surface area contributed by atoms with Gasteiger partial charge in [0.25, 0.3) is 5.82 Å². The van der Waals surface area contributed by atoms with Crippen molar-refractivity contribution in [3.8, 4) is 0 Å². The minimum Gasteiger partial charge on any atom is -0.456 e. The third kappa shape index (κ3) is 3.36. The van der Waals surface area contributed by atoms with Gasteiger partial charge in [0.2, 0.25) is 0 Å². The van der Waals surface area contributed by atoms with Gasteiger partial charge in [-0.3, -0.25) is 0 Å². The summed E-state index contributed by atoms with van der Waals surface area (Å²) in [6.45, 7) is 3.02. The molecule has 0 bridgehead atoms. The lowest BCUT2D eigenvalue weighted by atomic mass is 10.0. The Morgan fingerprint density at radius 1 is 0.862 bits per heavy atom. The van der Waals surface area contributed by atoms with Crippen molar-refractivity contribution in [3.63, 3.8) is 0 Å². The third-order valence-electron chi connectivity index (χ3n) is 5.50. The summed E-state index contributed by atoms with van der Waals surface area (Å²) in [7, 11) is 0. The number of para-hydroxylation sites is 1. The SMILES string of the molecule is Cc1n(C(c2ccccc2)c2cc3ccccc3o2)cc[n+]1Cc1ccccc1. The predicted octanol–water partition coefficient (Wildman–Crippen LogP) is 5.52. The lowest BCUT2D eigenvalue weighted by molar-refractivity contribution is -0.694. The predicted molar refractivity (Wildman–Crippen MR) is 115 cm³/mol. The first-order chi connectivity index (χ1) is 14.3. The molecule has 2 aromatic heterocycles. The normalized spacial score (nSPS) is 12.3. The van der Waals surface area contributed by atoms with Gasteiger partial charge >= 0.3 is 0 Å². The van der Waals surface area contributed by atoms with Gasteiger partial charge in [0.1, 0.15) is 24.5 Å². The van der Waals surface area contributed by atoms with Gasteiger partial charge < -0.3 is 4.42 Å². The molecule has 0 saturated heterocycles. The first kappa shape index (κ1) is 17.5. The second-order valence-electron chi connectivity index (χ2n) is 7.37. The molecule has 0 spiro atoms. The quantitative estimate of drug-likeness (QED) is 0.369. The Kier molecular flexibility index (Phi) is 4.49. The molecule has 0 saturated carbocycles. The molecule has 29 heavy (non-hydrogen) atoms. The number of hydrogen-bond donors (Lipinski definition) is 0. The molecule has 1 atom stereocenters. The van der Waals surface area contributed by atoms with E-state index in [2.05, 4.69) is 101 Å². The molecule has 1 unspecified atom stereocenters. The second kappa shape index (κ2) is 7.44. The fourth-order valence-corrected chi connectivity index (χ4v) is 3.97. The highest BCUT2D eigenvalue weighted by atomic mass is 16.3. The van der Waals surface area contributed by atoms with Crippen molar-refractivity contribution < 1.29 is 8.98 Å². The molecule has 0 aliphatic carbocycles. The standard InChI is InChI=1S/C26H23N2O/c1-20-27(19-21-10-4-2-5-11-21)16-17-28(20)26(22-12-6-3-7-13-22)25-18-23-14-8-9-15-24(23)29-25/h2-18,26H,19H2,1H3/q+1. The van der Waals surface area contributed by atoms with Crippen LogP contribution in [0.2, 0.25) is 0 Å². The first-order valence-electron chi connectivity index (χ1n) is 9.94. The zero-order valence-corrected chi connectivity index (χ0v) is 16.4. The van der Waals surface area contributed by atoms with Crippen LogP contribution in [0.5, 0.6) is 0 Å². The molecule has 5 rings (SSSR count). The lowest BCUT2D eigenvalue weighted by Crippen LogP contribution is -2.36. The number of fused-ring (bicyclic) bond motifs is 1. The van der Waals surface area contributed by atoms with Crippen molar-refractivity contribution in [1.29, 1.82) is 0 Å². The summed E-state index contributed by atoms with van der Waals surface area (Å²) >= 11 is 0. The van der Waals surface area contributed by atoms with Crippen molar-refractivity contribution in [1.82, 2.24) is 4.57 Å². The Morgan fingerprint density at radius 2 is 1.55 bits per heavy atom. The van der Waals surface area contributed by atoms with Crippen LogP contribution in [0.25, 0.3) is 11.0 Å². The number of rotatable bonds is 5. The van der Waals surface area contributed by atoms with Crippen LogP contribution >= 0.6 is 0 Å². The minimum atomic E-state index is -0.0133. The zero-order chi connectivity index (χ0) is 19.6. The largest absolute Gasteiger partial charge is 0.456 e. The number of hydrogen-bond acceptors (Lipinski definition) is 1. The first-order valence-corrected chi connectivity index (χ1v) is 9.94. The van der Waals surface area contributed by atoms with E-state index in [1.54, 1.807) is 0 Å². The Balaban J connectivity index is 1.60. The lowest BCUT2D eigenvalue weighted by Gasteiger charge is -2.13. The number of benzene rings is 3. The third-order valence-corrected chi connectivity index (χ3v) is 5.50. The van der Waals surface area contributed by atoms with Crippen LogP contribution in [0.4, 0.5) is 0 Å². The average Bonchev–Trinajstić information content (AvgIpc) is 3.34. The van der Waals surface area contributed by atoms with Gasteiger partial charge in [-0.2, -0.15) is 0 Å². The van der Waals surface area contributed by atoms with E-state index >= 15 is 0 Å². The van der Waals surface area contributed by atoms with Crippen molar-refractivity contribution in [3.05, 3.63) is 126 Å². The van der Waals surface area contributed by atoms with Crippen molar-refractivity contribution in [2.24, 2.45) is 0 Å². The maximum Gasteiger partial charge on any atom is 0.254 e. The molecule has 0 fully saturated rings. The van der Waals surface area contributed by atoms with E-state index in [4.69, 9.17) is 4.42 Å². The maximum atomic E-state index is 6.29. The summed E-state index contributed by atoms with van der Waals surface area (Å²) < 4.78 is 10.9. The molecule has 0 aliphatic rings. The van der Waals surface area contributed by atoms with Gasteiger partial charge in [-0.25, -0.2) is 9.13 Å². The van der Waals surface area contributed by atoms with E-state index in [9.17, 15) is 0 Å². The van der Waals surface area contributed by atoms with Crippen LogP contribution in [0.15, 0.2) is 108 Å². The van der Waals surface area contributed by atoms with Crippen molar-refractivity contribution in [2.45, 2.75) is 19.5 Å². The Labute approximate surface area is 170 Å². The van der Waals surface area contributed by atoms with Crippen LogP contribution in [0.1, 0.15) is 28.8 Å². The average molecular weight is 379 g/mol. The number of nitrogens with zero attached hydrogens (tertiary/aromatic N) is 2. The van der Waals surface area contributed by atoms with E-state index < -0.39 is 0 Å². The van der Waals surface area contributed by atoms with Gasteiger partial charge in [0.15, 0.2) is 11.8 Å². The zero-order valence-electron chi connectivity index (χ0n) is 16.4. The molecule has 142 valence electrons. The molecule has 5 aromatic rings. The molecular formula is C26H23N2O+. The van der Waals surface area contributed by atoms with E-state index in [-0.39, 0.29) is 6.04 Å². The topological polar surface area (TPSA) is 21.9 Å². The summed E-state index contributed by atoms with van der Waals surface area (Å²) in [6, 6.07) is 31.5.